The van der Waals surface area contributed by atoms with Crippen molar-refractivity contribution in [2.75, 3.05) is 0 Å². The number of aryl methyl sites for hydroxylation is 1. The number of hydrogen-bond donors (Lipinski definition) is 0. The van der Waals surface area contributed by atoms with E-state index >= 15 is 0 Å². The Hall–Kier alpha value is -0.920. The van der Waals surface area contributed by atoms with Gasteiger partial charge in [-0.25, -0.2) is 8.78 Å². The molecule has 0 saturated carbocycles. The zero-order valence-electron chi connectivity index (χ0n) is 7.27. The van der Waals surface area contributed by atoms with Crippen LogP contribution in [0.1, 0.15) is 30.0 Å². The number of benzene rings is 1. The highest BCUT2D eigenvalue weighted by atomic mass is 19.3. The van der Waals surface area contributed by atoms with Gasteiger partial charge in [-0.2, -0.15) is 0 Å². The lowest BCUT2D eigenvalue weighted by atomic mass is 10.0. The van der Waals surface area contributed by atoms with Crippen molar-refractivity contribution in [3.63, 3.8) is 0 Å². The molecular formula is C10H12F2. The van der Waals surface area contributed by atoms with Gasteiger partial charge in [0.2, 0.25) is 0 Å². The molecule has 0 fully saturated rings. The average Bonchev–Trinajstić information content (AvgIpc) is 2.03. The lowest BCUT2D eigenvalue weighted by Crippen LogP contribution is -1.95. The Labute approximate surface area is 71.2 Å². The number of rotatable bonds is 2. The van der Waals surface area contributed by atoms with Crippen molar-refractivity contribution < 1.29 is 8.78 Å². The summed E-state index contributed by atoms with van der Waals surface area (Å²) in [6, 6.07) is 5.04. The Bertz CT molecular complexity index is 267. The molecule has 1 aromatic carbocycles. The third-order valence-corrected chi connectivity index (χ3v) is 2.04. The summed E-state index contributed by atoms with van der Waals surface area (Å²) in [4.78, 5) is 0. The van der Waals surface area contributed by atoms with Gasteiger partial charge < -0.3 is 0 Å². The van der Waals surface area contributed by atoms with Crippen molar-refractivity contribution >= 4 is 0 Å². The third kappa shape index (κ3) is 1.63. The summed E-state index contributed by atoms with van der Waals surface area (Å²) < 4.78 is 24.8. The highest BCUT2D eigenvalue weighted by Gasteiger charge is 2.12. The van der Waals surface area contributed by atoms with Crippen LogP contribution in [0.2, 0.25) is 0 Å². The van der Waals surface area contributed by atoms with Gasteiger partial charge in [-0.1, -0.05) is 25.1 Å². The van der Waals surface area contributed by atoms with Crippen molar-refractivity contribution in [1.29, 1.82) is 0 Å². The summed E-state index contributed by atoms with van der Waals surface area (Å²) in [6.07, 6.45) is -1.67. The Morgan fingerprint density at radius 2 is 2.00 bits per heavy atom. The van der Waals surface area contributed by atoms with Crippen molar-refractivity contribution in [2.24, 2.45) is 0 Å². The maximum atomic E-state index is 12.4. The first-order valence-electron chi connectivity index (χ1n) is 4.03. The minimum absolute atomic E-state index is 0.178. The Morgan fingerprint density at radius 3 is 2.42 bits per heavy atom. The molecule has 0 radical (unpaired) electrons. The fourth-order valence-electron chi connectivity index (χ4n) is 1.41. The molecule has 66 valence electrons. The van der Waals surface area contributed by atoms with Crippen LogP contribution in [0.4, 0.5) is 8.78 Å². The lowest BCUT2D eigenvalue weighted by molar-refractivity contribution is 0.150. The highest BCUT2D eigenvalue weighted by molar-refractivity contribution is 5.35. The summed E-state index contributed by atoms with van der Waals surface area (Å²) in [7, 11) is 0. The molecule has 0 spiro atoms. The molecule has 0 N–H and O–H groups in total. The molecule has 0 aliphatic heterocycles. The van der Waals surface area contributed by atoms with Gasteiger partial charge in [0, 0.05) is 5.56 Å². The molecular weight excluding hydrogens is 158 g/mol. The summed E-state index contributed by atoms with van der Waals surface area (Å²) >= 11 is 0. The van der Waals surface area contributed by atoms with E-state index in [0.717, 1.165) is 11.1 Å². The molecule has 0 saturated heterocycles. The minimum atomic E-state index is -2.35. The van der Waals surface area contributed by atoms with Gasteiger partial charge in [0.25, 0.3) is 6.43 Å². The fourth-order valence-corrected chi connectivity index (χ4v) is 1.41. The van der Waals surface area contributed by atoms with Crippen molar-refractivity contribution in [3.05, 3.63) is 34.9 Å². The Balaban J connectivity index is 3.18. The van der Waals surface area contributed by atoms with E-state index < -0.39 is 6.43 Å². The first-order chi connectivity index (χ1) is 5.66. The minimum Gasteiger partial charge on any atom is -0.205 e. The van der Waals surface area contributed by atoms with Gasteiger partial charge >= 0.3 is 0 Å². The van der Waals surface area contributed by atoms with Crippen LogP contribution in [-0.2, 0) is 6.42 Å². The fraction of sp³-hybridized carbons (Fsp3) is 0.400. The SMILES string of the molecule is CCc1c(C)cccc1C(F)F. The maximum Gasteiger partial charge on any atom is 0.264 e. The van der Waals surface area contributed by atoms with Gasteiger partial charge in [-0.15, -0.1) is 0 Å². The topological polar surface area (TPSA) is 0 Å². The van der Waals surface area contributed by atoms with E-state index in [1.807, 2.05) is 19.9 Å². The summed E-state index contributed by atoms with van der Waals surface area (Å²) in [6.45, 7) is 3.76. The van der Waals surface area contributed by atoms with E-state index in [4.69, 9.17) is 0 Å². The highest BCUT2D eigenvalue weighted by Crippen LogP contribution is 2.25. The third-order valence-electron chi connectivity index (χ3n) is 2.04. The zero-order valence-corrected chi connectivity index (χ0v) is 7.27. The number of halogens is 2. The number of alkyl halides is 2. The van der Waals surface area contributed by atoms with Crippen molar-refractivity contribution in [1.82, 2.24) is 0 Å². The van der Waals surface area contributed by atoms with Gasteiger partial charge in [-0.05, 0) is 24.5 Å². The molecule has 0 nitrogen and oxygen atoms in total. The largest absolute Gasteiger partial charge is 0.264 e. The average molecular weight is 170 g/mol. The van der Waals surface area contributed by atoms with Crippen molar-refractivity contribution in [3.8, 4) is 0 Å². The Morgan fingerprint density at radius 1 is 1.33 bits per heavy atom. The second-order valence-electron chi connectivity index (χ2n) is 2.80. The molecule has 0 amide bonds. The maximum absolute atomic E-state index is 12.4. The first-order valence-corrected chi connectivity index (χ1v) is 4.03. The molecule has 12 heavy (non-hydrogen) atoms. The predicted molar refractivity (Wildman–Crippen MR) is 45.5 cm³/mol. The van der Waals surface area contributed by atoms with Crippen LogP contribution in [0.3, 0.4) is 0 Å². The van der Waals surface area contributed by atoms with Gasteiger partial charge in [0.05, 0.1) is 0 Å². The van der Waals surface area contributed by atoms with Crippen LogP contribution in [0.15, 0.2) is 18.2 Å². The van der Waals surface area contributed by atoms with E-state index in [1.54, 1.807) is 6.07 Å². The van der Waals surface area contributed by atoms with Gasteiger partial charge in [0.1, 0.15) is 0 Å². The van der Waals surface area contributed by atoms with Crippen LogP contribution in [0.5, 0.6) is 0 Å². The van der Waals surface area contributed by atoms with E-state index in [-0.39, 0.29) is 5.56 Å². The molecule has 1 aromatic rings. The first kappa shape index (κ1) is 9.17. The second-order valence-corrected chi connectivity index (χ2v) is 2.80. The normalized spacial score (nSPS) is 10.8. The van der Waals surface area contributed by atoms with Crippen LogP contribution in [0.25, 0.3) is 0 Å². The van der Waals surface area contributed by atoms with E-state index in [0.29, 0.717) is 6.42 Å². The quantitative estimate of drug-likeness (QED) is 0.637. The van der Waals surface area contributed by atoms with Crippen LogP contribution in [0, 0.1) is 6.92 Å². The smallest absolute Gasteiger partial charge is 0.205 e. The van der Waals surface area contributed by atoms with Crippen LogP contribution < -0.4 is 0 Å². The molecule has 0 heterocycles. The Kier molecular flexibility index (Phi) is 2.79. The van der Waals surface area contributed by atoms with Gasteiger partial charge in [-0.3, -0.25) is 0 Å². The molecule has 1 rings (SSSR count). The van der Waals surface area contributed by atoms with E-state index in [9.17, 15) is 8.78 Å². The van der Waals surface area contributed by atoms with Crippen LogP contribution >= 0.6 is 0 Å². The second kappa shape index (κ2) is 3.65. The standard InChI is InChI=1S/C10H12F2/c1-3-8-7(2)5-4-6-9(8)10(11)12/h4-6,10H,3H2,1-2H3. The molecule has 0 bridgehead atoms. The molecule has 0 aliphatic rings. The van der Waals surface area contributed by atoms with Crippen LogP contribution in [-0.4, -0.2) is 0 Å². The molecule has 0 atom stereocenters. The number of hydrogen-bond acceptors (Lipinski definition) is 0. The molecule has 0 aromatic heterocycles. The monoisotopic (exact) mass is 170 g/mol. The molecule has 2 heteroatoms. The lowest BCUT2D eigenvalue weighted by Gasteiger charge is -2.09. The van der Waals surface area contributed by atoms with Gasteiger partial charge in [0.15, 0.2) is 0 Å². The summed E-state index contributed by atoms with van der Waals surface area (Å²) in [5, 5.41) is 0. The van der Waals surface area contributed by atoms with E-state index in [1.165, 1.54) is 6.07 Å². The molecule has 0 unspecified atom stereocenters. The predicted octanol–water partition coefficient (Wildman–Crippen LogP) is 3.50. The summed E-state index contributed by atoms with van der Waals surface area (Å²) in [5.41, 5.74) is 1.92. The summed E-state index contributed by atoms with van der Waals surface area (Å²) in [5.74, 6) is 0. The zero-order chi connectivity index (χ0) is 9.14. The van der Waals surface area contributed by atoms with E-state index in [2.05, 4.69) is 0 Å². The molecule has 0 aliphatic carbocycles. The van der Waals surface area contributed by atoms with Crippen molar-refractivity contribution in [2.45, 2.75) is 26.7 Å².